The summed E-state index contributed by atoms with van der Waals surface area (Å²) in [7, 11) is 0. The molecule has 3 nitrogen and oxygen atoms in total. The number of rotatable bonds is 5. The van der Waals surface area contributed by atoms with Gasteiger partial charge in [0, 0.05) is 19.8 Å². The molecule has 1 rings (SSSR count). The Morgan fingerprint density at radius 3 is 2.79 bits per heavy atom. The van der Waals surface area contributed by atoms with Crippen molar-refractivity contribution in [2.75, 3.05) is 26.4 Å². The molecule has 0 saturated carbocycles. The number of hydrogen-bond acceptors (Lipinski definition) is 3. The standard InChI is InChI=1S/C11H23NO2/c1-10(2)4-7-14-11(8-12)5-3-6-13-9-11/h10H,3-9,12H2,1-2H3. The third kappa shape index (κ3) is 3.56. The van der Waals surface area contributed by atoms with Crippen molar-refractivity contribution < 1.29 is 9.47 Å². The molecule has 3 heteroatoms. The van der Waals surface area contributed by atoms with E-state index in [0.29, 0.717) is 19.1 Å². The maximum Gasteiger partial charge on any atom is 0.104 e. The van der Waals surface area contributed by atoms with Crippen LogP contribution in [-0.2, 0) is 9.47 Å². The minimum absolute atomic E-state index is 0.187. The first-order chi connectivity index (χ1) is 6.68. The fourth-order valence-corrected chi connectivity index (χ4v) is 1.67. The van der Waals surface area contributed by atoms with Crippen LogP contribution in [0, 0.1) is 5.92 Å². The summed E-state index contributed by atoms with van der Waals surface area (Å²) < 4.78 is 11.3. The van der Waals surface area contributed by atoms with Crippen LogP contribution in [0.5, 0.6) is 0 Å². The Labute approximate surface area is 86.9 Å². The van der Waals surface area contributed by atoms with Gasteiger partial charge in [-0.25, -0.2) is 0 Å². The van der Waals surface area contributed by atoms with E-state index < -0.39 is 0 Å². The van der Waals surface area contributed by atoms with Gasteiger partial charge in [0.1, 0.15) is 5.60 Å². The largest absolute Gasteiger partial charge is 0.378 e. The summed E-state index contributed by atoms with van der Waals surface area (Å²) in [6, 6.07) is 0. The lowest BCUT2D eigenvalue weighted by molar-refractivity contribution is -0.124. The number of nitrogens with two attached hydrogens (primary N) is 1. The van der Waals surface area contributed by atoms with Crippen LogP contribution >= 0.6 is 0 Å². The molecule has 1 unspecified atom stereocenters. The molecular weight excluding hydrogens is 178 g/mol. The maximum atomic E-state index is 5.88. The summed E-state index contributed by atoms with van der Waals surface area (Å²) in [5.41, 5.74) is 5.56. The third-order valence-electron chi connectivity index (χ3n) is 2.76. The average Bonchev–Trinajstić information content (AvgIpc) is 2.19. The molecule has 0 amide bonds. The van der Waals surface area contributed by atoms with E-state index in [0.717, 1.165) is 32.5 Å². The van der Waals surface area contributed by atoms with Crippen LogP contribution in [0.15, 0.2) is 0 Å². The molecule has 1 heterocycles. The molecule has 1 fully saturated rings. The highest BCUT2D eigenvalue weighted by Crippen LogP contribution is 2.22. The van der Waals surface area contributed by atoms with Crippen molar-refractivity contribution in [2.45, 2.75) is 38.7 Å². The Kier molecular flexibility index (Phi) is 4.85. The first-order valence-electron chi connectivity index (χ1n) is 5.60. The van der Waals surface area contributed by atoms with E-state index >= 15 is 0 Å². The number of hydrogen-bond donors (Lipinski definition) is 1. The van der Waals surface area contributed by atoms with Crippen LogP contribution in [-0.4, -0.2) is 32.0 Å². The minimum atomic E-state index is -0.187. The molecule has 1 aliphatic heterocycles. The molecular formula is C11H23NO2. The average molecular weight is 201 g/mol. The molecule has 0 aliphatic carbocycles. The number of ether oxygens (including phenoxy) is 2. The molecule has 14 heavy (non-hydrogen) atoms. The van der Waals surface area contributed by atoms with E-state index in [4.69, 9.17) is 15.2 Å². The summed E-state index contributed by atoms with van der Waals surface area (Å²) in [6.45, 7) is 7.31. The molecule has 84 valence electrons. The molecule has 2 N–H and O–H groups in total. The molecule has 1 saturated heterocycles. The van der Waals surface area contributed by atoms with Crippen molar-refractivity contribution in [3.8, 4) is 0 Å². The second kappa shape index (κ2) is 5.69. The summed E-state index contributed by atoms with van der Waals surface area (Å²) in [5.74, 6) is 0.689. The highest BCUT2D eigenvalue weighted by Gasteiger charge is 2.32. The molecule has 1 atom stereocenters. The van der Waals surface area contributed by atoms with Crippen molar-refractivity contribution in [3.05, 3.63) is 0 Å². The molecule has 0 aromatic carbocycles. The van der Waals surface area contributed by atoms with E-state index in [-0.39, 0.29) is 5.60 Å². The van der Waals surface area contributed by atoms with Crippen LogP contribution in [0.4, 0.5) is 0 Å². The second-order valence-electron chi connectivity index (χ2n) is 4.57. The Balaban J connectivity index is 2.29. The van der Waals surface area contributed by atoms with Crippen LogP contribution in [0.25, 0.3) is 0 Å². The predicted octanol–water partition coefficient (Wildman–Crippen LogP) is 1.56. The first-order valence-corrected chi connectivity index (χ1v) is 5.60. The second-order valence-corrected chi connectivity index (χ2v) is 4.57. The van der Waals surface area contributed by atoms with E-state index in [1.807, 2.05) is 0 Å². The van der Waals surface area contributed by atoms with Gasteiger partial charge in [-0.2, -0.15) is 0 Å². The lowest BCUT2D eigenvalue weighted by atomic mass is 9.96. The topological polar surface area (TPSA) is 44.5 Å². The zero-order valence-electron chi connectivity index (χ0n) is 9.42. The Bertz CT molecular complexity index is 153. The zero-order chi connectivity index (χ0) is 10.4. The molecule has 0 spiro atoms. The third-order valence-corrected chi connectivity index (χ3v) is 2.76. The van der Waals surface area contributed by atoms with Gasteiger partial charge in [-0.15, -0.1) is 0 Å². The lowest BCUT2D eigenvalue weighted by Crippen LogP contribution is -2.48. The fraction of sp³-hybridized carbons (Fsp3) is 1.00. The smallest absolute Gasteiger partial charge is 0.104 e. The van der Waals surface area contributed by atoms with Gasteiger partial charge in [-0.05, 0) is 25.2 Å². The van der Waals surface area contributed by atoms with Crippen molar-refractivity contribution in [1.82, 2.24) is 0 Å². The summed E-state index contributed by atoms with van der Waals surface area (Å²) in [6.07, 6.45) is 3.21. The summed E-state index contributed by atoms with van der Waals surface area (Å²) in [4.78, 5) is 0. The highest BCUT2D eigenvalue weighted by molar-refractivity contribution is 4.84. The van der Waals surface area contributed by atoms with Gasteiger partial charge in [0.2, 0.25) is 0 Å². The zero-order valence-corrected chi connectivity index (χ0v) is 9.42. The summed E-state index contributed by atoms with van der Waals surface area (Å²) in [5, 5.41) is 0. The van der Waals surface area contributed by atoms with Crippen molar-refractivity contribution in [1.29, 1.82) is 0 Å². The Hall–Kier alpha value is -0.120. The molecule has 0 aromatic heterocycles. The highest BCUT2D eigenvalue weighted by atomic mass is 16.5. The van der Waals surface area contributed by atoms with E-state index in [1.54, 1.807) is 0 Å². The van der Waals surface area contributed by atoms with Crippen LogP contribution in [0.3, 0.4) is 0 Å². The van der Waals surface area contributed by atoms with Gasteiger partial charge >= 0.3 is 0 Å². The van der Waals surface area contributed by atoms with Gasteiger partial charge in [0.05, 0.1) is 6.61 Å². The van der Waals surface area contributed by atoms with Gasteiger partial charge in [-0.3, -0.25) is 0 Å². The van der Waals surface area contributed by atoms with Gasteiger partial charge in [0.15, 0.2) is 0 Å². The normalized spacial score (nSPS) is 28.3. The lowest BCUT2D eigenvalue weighted by Gasteiger charge is -2.36. The molecule has 0 bridgehead atoms. The minimum Gasteiger partial charge on any atom is -0.378 e. The van der Waals surface area contributed by atoms with Crippen molar-refractivity contribution in [2.24, 2.45) is 11.7 Å². The van der Waals surface area contributed by atoms with Crippen LogP contribution < -0.4 is 5.73 Å². The molecule has 0 radical (unpaired) electrons. The predicted molar refractivity (Wildman–Crippen MR) is 57.2 cm³/mol. The summed E-state index contributed by atoms with van der Waals surface area (Å²) >= 11 is 0. The molecule has 1 aliphatic rings. The van der Waals surface area contributed by atoms with Gasteiger partial charge in [0.25, 0.3) is 0 Å². The SMILES string of the molecule is CC(C)CCOC1(CN)CCCOC1. The Morgan fingerprint density at radius 2 is 2.29 bits per heavy atom. The van der Waals surface area contributed by atoms with Crippen molar-refractivity contribution in [3.63, 3.8) is 0 Å². The maximum absolute atomic E-state index is 5.88. The van der Waals surface area contributed by atoms with Crippen molar-refractivity contribution >= 4 is 0 Å². The van der Waals surface area contributed by atoms with Crippen LogP contribution in [0.1, 0.15) is 33.1 Å². The van der Waals surface area contributed by atoms with E-state index in [1.165, 1.54) is 0 Å². The molecule has 0 aromatic rings. The Morgan fingerprint density at radius 1 is 1.50 bits per heavy atom. The fourth-order valence-electron chi connectivity index (χ4n) is 1.67. The quantitative estimate of drug-likeness (QED) is 0.734. The van der Waals surface area contributed by atoms with Crippen LogP contribution in [0.2, 0.25) is 0 Å². The van der Waals surface area contributed by atoms with Gasteiger partial charge in [-0.1, -0.05) is 13.8 Å². The van der Waals surface area contributed by atoms with E-state index in [2.05, 4.69) is 13.8 Å². The van der Waals surface area contributed by atoms with Gasteiger partial charge < -0.3 is 15.2 Å². The first kappa shape index (κ1) is 12.0. The van der Waals surface area contributed by atoms with E-state index in [9.17, 15) is 0 Å². The monoisotopic (exact) mass is 201 g/mol.